The molecule has 7 rings (SSSR count). The van der Waals surface area contributed by atoms with Gasteiger partial charge in [-0.25, -0.2) is 0 Å². The summed E-state index contributed by atoms with van der Waals surface area (Å²) in [4.78, 5) is 0. The van der Waals surface area contributed by atoms with Crippen molar-refractivity contribution in [1.29, 1.82) is 0 Å². The minimum absolute atomic E-state index is 0.295. The summed E-state index contributed by atoms with van der Waals surface area (Å²) in [5, 5.41) is 0. The predicted molar refractivity (Wildman–Crippen MR) is 133 cm³/mol. The van der Waals surface area contributed by atoms with Gasteiger partial charge in [0.1, 0.15) is 0 Å². The van der Waals surface area contributed by atoms with E-state index in [1.54, 1.807) is 0 Å². The van der Waals surface area contributed by atoms with E-state index in [0.717, 1.165) is 0 Å². The summed E-state index contributed by atoms with van der Waals surface area (Å²) >= 11 is 0. The summed E-state index contributed by atoms with van der Waals surface area (Å²) in [5.41, 5.74) is 14.7. The zero-order valence-corrected chi connectivity index (χ0v) is 18.0. The Labute approximate surface area is 188 Å². The molecule has 0 aromatic heterocycles. The number of fused-ring (bicyclic) bond motifs is 10. The molecule has 0 bridgehead atoms. The molecular formula is C32H22. The van der Waals surface area contributed by atoms with Gasteiger partial charge in [-0.2, -0.15) is 0 Å². The number of hydrogen-bond acceptors (Lipinski definition) is 0. The maximum atomic E-state index is 2.35. The maximum absolute atomic E-state index is 2.35. The molecule has 1 spiro atoms. The van der Waals surface area contributed by atoms with Crippen molar-refractivity contribution in [1.82, 2.24) is 0 Å². The number of benzene rings is 5. The van der Waals surface area contributed by atoms with E-state index >= 15 is 0 Å². The van der Waals surface area contributed by atoms with Gasteiger partial charge in [-0.1, -0.05) is 115 Å². The van der Waals surface area contributed by atoms with Crippen molar-refractivity contribution in [2.24, 2.45) is 0 Å². The van der Waals surface area contributed by atoms with E-state index in [1.165, 1.54) is 61.2 Å². The molecule has 0 radical (unpaired) electrons. The topological polar surface area (TPSA) is 0 Å². The molecule has 150 valence electrons. The monoisotopic (exact) mass is 406 g/mol. The summed E-state index contributed by atoms with van der Waals surface area (Å²) in [6.07, 6.45) is 0. The molecule has 5 aromatic carbocycles. The smallest absolute Gasteiger partial charge is 0.0622 e. The fraction of sp³-hybridized carbons (Fsp3) is 0.0625. The van der Waals surface area contributed by atoms with Crippen LogP contribution in [0, 0.1) is 6.92 Å². The van der Waals surface area contributed by atoms with E-state index in [9.17, 15) is 0 Å². The largest absolute Gasteiger partial charge is 0.0731 e. The molecule has 2 aliphatic rings. The van der Waals surface area contributed by atoms with Crippen LogP contribution in [0.2, 0.25) is 0 Å². The Morgan fingerprint density at radius 2 is 0.906 bits per heavy atom. The molecule has 5 aromatic rings. The Kier molecular flexibility index (Phi) is 3.50. The van der Waals surface area contributed by atoms with E-state index in [-0.39, 0.29) is 5.41 Å². The lowest BCUT2D eigenvalue weighted by atomic mass is 9.68. The van der Waals surface area contributed by atoms with E-state index in [0.29, 0.717) is 0 Å². The quantitative estimate of drug-likeness (QED) is 0.259. The van der Waals surface area contributed by atoms with Crippen LogP contribution in [-0.4, -0.2) is 0 Å². The molecular weight excluding hydrogens is 384 g/mol. The fourth-order valence-corrected chi connectivity index (χ4v) is 6.27. The number of hydrogen-bond donors (Lipinski definition) is 0. The third kappa shape index (κ3) is 2.03. The Morgan fingerprint density at radius 1 is 0.438 bits per heavy atom. The summed E-state index contributed by atoms with van der Waals surface area (Å²) < 4.78 is 0. The van der Waals surface area contributed by atoms with Crippen LogP contribution in [0.1, 0.15) is 27.8 Å². The normalized spacial score (nSPS) is 14.0. The van der Waals surface area contributed by atoms with Crippen molar-refractivity contribution in [3.8, 4) is 33.4 Å². The molecule has 0 aliphatic heterocycles. The van der Waals surface area contributed by atoms with Crippen LogP contribution in [0.3, 0.4) is 0 Å². The molecule has 0 saturated heterocycles. The van der Waals surface area contributed by atoms with Crippen LogP contribution >= 0.6 is 0 Å². The van der Waals surface area contributed by atoms with Crippen LogP contribution in [0.25, 0.3) is 33.4 Å². The third-order valence-electron chi connectivity index (χ3n) is 7.42. The molecule has 0 atom stereocenters. The van der Waals surface area contributed by atoms with E-state index in [4.69, 9.17) is 0 Å². The van der Waals surface area contributed by atoms with E-state index in [2.05, 4.69) is 122 Å². The summed E-state index contributed by atoms with van der Waals surface area (Å²) in [6, 6.07) is 42.6. The molecule has 0 amide bonds. The average molecular weight is 407 g/mol. The van der Waals surface area contributed by atoms with Crippen molar-refractivity contribution in [3.05, 3.63) is 143 Å². The van der Waals surface area contributed by atoms with Gasteiger partial charge in [-0.05, 0) is 68.1 Å². The van der Waals surface area contributed by atoms with E-state index in [1.807, 2.05) is 0 Å². The lowest BCUT2D eigenvalue weighted by molar-refractivity contribution is 0.795. The van der Waals surface area contributed by atoms with Gasteiger partial charge in [-0.15, -0.1) is 0 Å². The molecule has 0 saturated carbocycles. The third-order valence-corrected chi connectivity index (χ3v) is 7.42. The Bertz CT molecular complexity index is 1460. The lowest BCUT2D eigenvalue weighted by Gasteiger charge is -2.32. The molecule has 0 unspecified atom stereocenters. The summed E-state index contributed by atoms with van der Waals surface area (Å²) in [5.74, 6) is 0. The van der Waals surface area contributed by atoms with Crippen LogP contribution in [0.5, 0.6) is 0 Å². The van der Waals surface area contributed by atoms with Crippen LogP contribution in [-0.2, 0) is 5.41 Å². The second-order valence-corrected chi connectivity index (χ2v) is 8.93. The minimum atomic E-state index is -0.295. The highest BCUT2D eigenvalue weighted by Gasteiger charge is 2.52. The first-order valence-corrected chi connectivity index (χ1v) is 11.3. The molecule has 0 heterocycles. The Hall–Kier alpha value is -3.90. The van der Waals surface area contributed by atoms with Gasteiger partial charge in [-0.3, -0.25) is 0 Å². The zero-order chi connectivity index (χ0) is 21.3. The minimum Gasteiger partial charge on any atom is -0.0622 e. The molecule has 0 N–H and O–H groups in total. The molecule has 2 aliphatic carbocycles. The molecule has 32 heavy (non-hydrogen) atoms. The Balaban J connectivity index is 1.74. The molecule has 0 fully saturated rings. The average Bonchev–Trinajstić information content (AvgIpc) is 3.32. The first-order valence-electron chi connectivity index (χ1n) is 11.3. The highest BCUT2D eigenvalue weighted by atomic mass is 14.5. The first kappa shape index (κ1) is 17.7. The summed E-state index contributed by atoms with van der Waals surface area (Å²) in [7, 11) is 0. The first-order chi connectivity index (χ1) is 15.8. The number of aryl methyl sites for hydroxylation is 1. The standard InChI is InChI=1S/C32H22/c1-21-19-20-26-25-15-7-10-18-29(25)32(31(26)30(21)22-11-3-2-4-12-22)27-16-8-5-13-23(27)24-14-6-9-17-28(24)32/h2-20H,1H3. The predicted octanol–water partition coefficient (Wildman–Crippen LogP) is 8.01. The number of rotatable bonds is 1. The van der Waals surface area contributed by atoms with Gasteiger partial charge < -0.3 is 0 Å². The summed E-state index contributed by atoms with van der Waals surface area (Å²) in [6.45, 7) is 2.26. The van der Waals surface area contributed by atoms with E-state index < -0.39 is 0 Å². The van der Waals surface area contributed by atoms with Crippen molar-refractivity contribution in [2.75, 3.05) is 0 Å². The second kappa shape index (κ2) is 6.31. The lowest BCUT2D eigenvalue weighted by Crippen LogP contribution is -2.26. The molecule has 0 nitrogen and oxygen atoms in total. The maximum Gasteiger partial charge on any atom is 0.0731 e. The van der Waals surface area contributed by atoms with Crippen molar-refractivity contribution in [2.45, 2.75) is 12.3 Å². The van der Waals surface area contributed by atoms with Crippen molar-refractivity contribution >= 4 is 0 Å². The van der Waals surface area contributed by atoms with Gasteiger partial charge >= 0.3 is 0 Å². The van der Waals surface area contributed by atoms with Gasteiger partial charge in [0.25, 0.3) is 0 Å². The van der Waals surface area contributed by atoms with Crippen molar-refractivity contribution < 1.29 is 0 Å². The highest BCUT2D eigenvalue weighted by molar-refractivity contribution is 5.99. The fourth-order valence-electron chi connectivity index (χ4n) is 6.27. The Morgan fingerprint density at radius 3 is 1.47 bits per heavy atom. The van der Waals surface area contributed by atoms with Gasteiger partial charge in [0.2, 0.25) is 0 Å². The highest BCUT2D eigenvalue weighted by Crippen LogP contribution is 2.64. The van der Waals surface area contributed by atoms with Gasteiger partial charge in [0.15, 0.2) is 0 Å². The second-order valence-electron chi connectivity index (χ2n) is 8.93. The zero-order valence-electron chi connectivity index (χ0n) is 18.0. The van der Waals surface area contributed by atoms with Crippen LogP contribution < -0.4 is 0 Å². The SMILES string of the molecule is Cc1ccc2c(c1-c1ccccc1)C1(c3ccccc3-c3ccccc31)c1ccccc1-2. The van der Waals surface area contributed by atoms with Gasteiger partial charge in [0.05, 0.1) is 5.41 Å². The van der Waals surface area contributed by atoms with Crippen LogP contribution in [0.4, 0.5) is 0 Å². The molecule has 0 heteroatoms. The van der Waals surface area contributed by atoms with Crippen LogP contribution in [0.15, 0.2) is 115 Å². The van der Waals surface area contributed by atoms with Gasteiger partial charge in [0, 0.05) is 0 Å². The van der Waals surface area contributed by atoms with Crippen molar-refractivity contribution in [3.63, 3.8) is 0 Å².